The molecular weight excluding hydrogens is 328 g/mol. The van der Waals surface area contributed by atoms with Crippen molar-refractivity contribution in [3.8, 4) is 5.75 Å². The molecule has 108 valence electrons. The van der Waals surface area contributed by atoms with E-state index in [1.54, 1.807) is 0 Å². The van der Waals surface area contributed by atoms with Gasteiger partial charge in [-0.2, -0.15) is 25.3 Å². The van der Waals surface area contributed by atoms with Crippen LogP contribution in [0.5, 0.6) is 5.75 Å². The van der Waals surface area contributed by atoms with Gasteiger partial charge in [0.25, 0.3) is 30.4 Å². The van der Waals surface area contributed by atoms with Crippen LogP contribution < -0.4 is 0 Å². The summed E-state index contributed by atoms with van der Waals surface area (Å²) in [5.74, 6) is -1.74. The van der Waals surface area contributed by atoms with Gasteiger partial charge in [-0.05, 0) is 12.1 Å². The van der Waals surface area contributed by atoms with Crippen LogP contribution in [0.15, 0.2) is 26.8 Å². The molecule has 1 aromatic rings. The van der Waals surface area contributed by atoms with Crippen LogP contribution in [0.2, 0.25) is 0 Å². The van der Waals surface area contributed by atoms with E-state index in [1.807, 2.05) is 0 Å². The molecule has 0 bridgehead atoms. The Labute approximate surface area is 107 Å². The highest BCUT2D eigenvalue weighted by atomic mass is 32.2. The minimum atomic E-state index is -5.39. The molecule has 0 amide bonds. The third-order valence-electron chi connectivity index (χ3n) is 1.87. The van der Waals surface area contributed by atoms with Crippen molar-refractivity contribution in [2.75, 3.05) is 0 Å². The molecule has 1 rings (SSSR count). The normalized spacial score (nSPS) is 13.4. The smallest absolute Gasteiger partial charge is 0.299 e. The van der Waals surface area contributed by atoms with Crippen LogP contribution >= 0.6 is 0 Å². The molecule has 0 atom stereocenters. The summed E-state index contributed by atoms with van der Waals surface area (Å²) in [6.45, 7) is 0. The molecule has 0 aliphatic rings. The van der Waals surface area contributed by atoms with Crippen LogP contribution in [0.1, 0.15) is 0 Å². The van der Waals surface area contributed by atoms with E-state index in [4.69, 9.17) is 13.7 Å². The van der Waals surface area contributed by atoms with Crippen LogP contribution in [0.4, 0.5) is 0 Å². The summed E-state index contributed by atoms with van der Waals surface area (Å²) in [4.78, 5) is -4.56. The fourth-order valence-electron chi connectivity index (χ4n) is 1.20. The molecule has 0 saturated heterocycles. The third-order valence-corrected chi connectivity index (χ3v) is 4.71. The van der Waals surface area contributed by atoms with Gasteiger partial charge in [-0.3, -0.25) is 13.7 Å². The van der Waals surface area contributed by atoms with E-state index in [9.17, 15) is 30.4 Å². The van der Waals surface area contributed by atoms with Crippen LogP contribution in [-0.4, -0.2) is 44.0 Å². The van der Waals surface area contributed by atoms with E-state index in [-0.39, 0.29) is 6.07 Å². The van der Waals surface area contributed by atoms with Gasteiger partial charge in [0.2, 0.25) is 0 Å². The SMILES string of the molecule is O=S(=O)(O)c1ccc(S(=O)(=O)O)c(S(=O)(=O)O)c1O. The molecule has 0 aromatic heterocycles. The number of hydrogen-bond donors (Lipinski definition) is 4. The quantitative estimate of drug-likeness (QED) is 0.507. The fourth-order valence-corrected chi connectivity index (χ4v) is 3.73. The van der Waals surface area contributed by atoms with E-state index >= 15 is 0 Å². The minimum Gasteiger partial charge on any atom is -0.505 e. The summed E-state index contributed by atoms with van der Waals surface area (Å²) >= 11 is 0. The van der Waals surface area contributed by atoms with Crippen molar-refractivity contribution in [3.63, 3.8) is 0 Å². The standard InChI is InChI=1S/C6H6O10S3/c7-5-3(17(8,9)10)1-2-4(18(11,12)13)6(5)19(14,15)16/h1-2,7H,(H,8,9,10)(H,11,12,13)(H,14,15,16). The summed E-state index contributed by atoms with van der Waals surface area (Å²) in [7, 11) is -15.7. The highest BCUT2D eigenvalue weighted by Crippen LogP contribution is 2.35. The van der Waals surface area contributed by atoms with E-state index in [1.165, 1.54) is 0 Å². The number of phenols is 1. The second kappa shape index (κ2) is 4.39. The second-order valence-corrected chi connectivity index (χ2v) is 7.30. The van der Waals surface area contributed by atoms with Crippen molar-refractivity contribution >= 4 is 30.4 Å². The van der Waals surface area contributed by atoms with Gasteiger partial charge in [0.05, 0.1) is 0 Å². The molecule has 0 saturated carbocycles. The van der Waals surface area contributed by atoms with Gasteiger partial charge in [0.15, 0.2) is 10.6 Å². The molecule has 0 heterocycles. The fraction of sp³-hybridized carbons (Fsp3) is 0. The first-order valence-electron chi connectivity index (χ1n) is 4.04. The molecular formula is C6H6O10S3. The molecule has 0 spiro atoms. The van der Waals surface area contributed by atoms with Crippen molar-refractivity contribution in [2.24, 2.45) is 0 Å². The predicted molar refractivity (Wildman–Crippen MR) is 57.6 cm³/mol. The largest absolute Gasteiger partial charge is 0.505 e. The zero-order valence-electron chi connectivity index (χ0n) is 8.62. The summed E-state index contributed by atoms with van der Waals surface area (Å²) < 4.78 is 91.4. The zero-order chi connectivity index (χ0) is 15.2. The molecule has 1 aromatic carbocycles. The summed E-state index contributed by atoms with van der Waals surface area (Å²) in [5, 5.41) is 9.35. The van der Waals surface area contributed by atoms with E-state index in [0.29, 0.717) is 6.07 Å². The maximum atomic E-state index is 10.9. The van der Waals surface area contributed by atoms with Gasteiger partial charge in [0, 0.05) is 0 Å². The van der Waals surface area contributed by atoms with Gasteiger partial charge in [-0.15, -0.1) is 0 Å². The van der Waals surface area contributed by atoms with Gasteiger partial charge in [-0.1, -0.05) is 0 Å². The molecule has 0 fully saturated rings. The minimum absolute atomic E-state index is 0.279. The van der Waals surface area contributed by atoms with Gasteiger partial charge >= 0.3 is 0 Å². The van der Waals surface area contributed by atoms with Gasteiger partial charge < -0.3 is 5.11 Å². The Morgan fingerprint density at radius 2 is 1.05 bits per heavy atom. The number of phenolic OH excluding ortho intramolecular Hbond substituents is 1. The van der Waals surface area contributed by atoms with Crippen molar-refractivity contribution in [2.45, 2.75) is 14.7 Å². The molecule has 4 N–H and O–H groups in total. The Balaban J connectivity index is 4.03. The van der Waals surface area contributed by atoms with Crippen molar-refractivity contribution in [1.82, 2.24) is 0 Å². The number of aromatic hydroxyl groups is 1. The molecule has 0 aliphatic carbocycles. The lowest BCUT2D eigenvalue weighted by atomic mass is 10.3. The highest BCUT2D eigenvalue weighted by Gasteiger charge is 2.32. The number of hydrogen-bond acceptors (Lipinski definition) is 7. The summed E-state index contributed by atoms with van der Waals surface area (Å²) in [5.41, 5.74) is 0. The Morgan fingerprint density at radius 3 is 1.37 bits per heavy atom. The lowest BCUT2D eigenvalue weighted by Gasteiger charge is -2.09. The monoisotopic (exact) mass is 334 g/mol. The Kier molecular flexibility index (Phi) is 3.66. The van der Waals surface area contributed by atoms with Crippen molar-refractivity contribution in [3.05, 3.63) is 12.1 Å². The Hall–Kier alpha value is -1.25. The highest BCUT2D eigenvalue weighted by molar-refractivity contribution is 7.89. The Bertz CT molecular complexity index is 829. The number of benzene rings is 1. The molecule has 19 heavy (non-hydrogen) atoms. The summed E-state index contributed by atoms with van der Waals surface area (Å²) in [6, 6.07) is 0.615. The zero-order valence-corrected chi connectivity index (χ0v) is 11.1. The van der Waals surface area contributed by atoms with E-state index < -0.39 is 50.8 Å². The maximum Gasteiger partial charge on any atom is 0.299 e. The van der Waals surface area contributed by atoms with Crippen molar-refractivity contribution < 1.29 is 44.0 Å². The predicted octanol–water partition coefficient (Wildman–Crippen LogP) is -0.868. The second-order valence-electron chi connectivity index (χ2n) is 3.16. The molecule has 0 radical (unpaired) electrons. The average molecular weight is 334 g/mol. The van der Waals surface area contributed by atoms with E-state index in [2.05, 4.69) is 0 Å². The van der Waals surface area contributed by atoms with Gasteiger partial charge in [-0.25, -0.2) is 0 Å². The van der Waals surface area contributed by atoms with Crippen LogP contribution in [-0.2, 0) is 30.4 Å². The number of rotatable bonds is 3. The third kappa shape index (κ3) is 3.20. The van der Waals surface area contributed by atoms with E-state index in [0.717, 1.165) is 0 Å². The first-order valence-corrected chi connectivity index (χ1v) is 8.36. The molecule has 0 aliphatic heterocycles. The summed E-state index contributed by atoms with van der Waals surface area (Å²) in [6.07, 6.45) is 0. The molecule has 0 unspecified atom stereocenters. The first-order chi connectivity index (χ1) is 8.26. The molecule has 13 heteroatoms. The average Bonchev–Trinajstić information content (AvgIpc) is 2.11. The van der Waals surface area contributed by atoms with Crippen molar-refractivity contribution in [1.29, 1.82) is 0 Å². The molecule has 10 nitrogen and oxygen atoms in total. The topological polar surface area (TPSA) is 183 Å². The van der Waals surface area contributed by atoms with Gasteiger partial charge in [0.1, 0.15) is 9.79 Å². The van der Waals surface area contributed by atoms with Crippen LogP contribution in [0.25, 0.3) is 0 Å². The maximum absolute atomic E-state index is 10.9. The van der Waals surface area contributed by atoms with Crippen LogP contribution in [0.3, 0.4) is 0 Å². The van der Waals surface area contributed by atoms with Crippen LogP contribution in [0, 0.1) is 0 Å². The lowest BCUT2D eigenvalue weighted by molar-refractivity contribution is 0.413. The lowest BCUT2D eigenvalue weighted by Crippen LogP contribution is -2.11. The first kappa shape index (κ1) is 15.8. The Morgan fingerprint density at radius 1 is 0.684 bits per heavy atom.